The second-order valence-corrected chi connectivity index (χ2v) is 6.35. The molecule has 0 aliphatic carbocycles. The number of nitrogens with one attached hydrogen (secondary N) is 2. The number of benzene rings is 2. The third kappa shape index (κ3) is 4.47. The van der Waals surface area contributed by atoms with Crippen LogP contribution in [0.5, 0.6) is 0 Å². The second kappa shape index (κ2) is 8.12. The van der Waals surface area contributed by atoms with Crippen molar-refractivity contribution in [3.05, 3.63) is 65.5 Å². The first kappa shape index (κ1) is 18.1. The topological polar surface area (TPSA) is 44.4 Å². The molecule has 2 aromatic carbocycles. The van der Waals surface area contributed by atoms with E-state index < -0.39 is 11.6 Å². The fraction of sp³-hybridized carbons (Fsp3) is 0.316. The van der Waals surface area contributed by atoms with Crippen LogP contribution in [0.1, 0.15) is 12.0 Å². The van der Waals surface area contributed by atoms with E-state index in [0.717, 1.165) is 12.5 Å². The van der Waals surface area contributed by atoms with E-state index in [1.54, 1.807) is 24.3 Å². The zero-order chi connectivity index (χ0) is 18.5. The van der Waals surface area contributed by atoms with Gasteiger partial charge in [-0.2, -0.15) is 0 Å². The van der Waals surface area contributed by atoms with Gasteiger partial charge in [-0.05, 0) is 30.5 Å². The third-order valence-electron chi connectivity index (χ3n) is 4.50. The molecule has 1 unspecified atom stereocenters. The van der Waals surface area contributed by atoms with Gasteiger partial charge in [-0.1, -0.05) is 18.2 Å². The molecular weight excluding hydrogens is 343 g/mol. The van der Waals surface area contributed by atoms with Crippen molar-refractivity contribution in [3.8, 4) is 0 Å². The fourth-order valence-electron chi connectivity index (χ4n) is 3.03. The molecule has 2 N–H and O–H groups in total. The number of nitrogens with zero attached hydrogens (tertiary/aromatic N) is 1. The van der Waals surface area contributed by atoms with E-state index in [2.05, 4.69) is 10.6 Å². The number of rotatable bonds is 5. The van der Waals surface area contributed by atoms with Gasteiger partial charge in [0.2, 0.25) is 0 Å². The Kier molecular flexibility index (Phi) is 5.65. The molecule has 0 radical (unpaired) electrons. The molecule has 0 aromatic heterocycles. The molecule has 2 aromatic rings. The number of carbonyl (C=O) groups excluding carboxylic acids is 1. The Labute approximate surface area is 150 Å². The van der Waals surface area contributed by atoms with Gasteiger partial charge in [0.15, 0.2) is 11.6 Å². The molecule has 4 nitrogen and oxygen atoms in total. The maximum absolute atomic E-state index is 13.5. The van der Waals surface area contributed by atoms with E-state index in [9.17, 15) is 18.0 Å². The molecule has 7 heteroatoms. The Balaban J connectivity index is 1.43. The standard InChI is InChI=1S/C19H20F3N3O/c20-16-4-2-1-3-14(16)11-24-19(26)23-10-13-7-8-25(12-13)15-5-6-17(21)18(22)9-15/h1-6,9,13H,7-8,10-12H2,(H2,23,24,26). The van der Waals surface area contributed by atoms with Crippen LogP contribution in [0, 0.1) is 23.4 Å². The second-order valence-electron chi connectivity index (χ2n) is 6.35. The molecule has 138 valence electrons. The summed E-state index contributed by atoms with van der Waals surface area (Å²) in [6.45, 7) is 1.94. The number of urea groups is 1. The van der Waals surface area contributed by atoms with Crippen molar-refractivity contribution in [1.29, 1.82) is 0 Å². The highest BCUT2D eigenvalue weighted by atomic mass is 19.2. The van der Waals surface area contributed by atoms with Crippen LogP contribution in [0.15, 0.2) is 42.5 Å². The molecule has 1 atom stereocenters. The predicted molar refractivity (Wildman–Crippen MR) is 93.3 cm³/mol. The number of hydrogen-bond acceptors (Lipinski definition) is 2. The van der Waals surface area contributed by atoms with Crippen LogP contribution in [0.4, 0.5) is 23.7 Å². The maximum atomic E-state index is 13.5. The van der Waals surface area contributed by atoms with Gasteiger partial charge in [-0.15, -0.1) is 0 Å². The van der Waals surface area contributed by atoms with E-state index in [1.807, 2.05) is 4.90 Å². The molecule has 26 heavy (non-hydrogen) atoms. The average molecular weight is 363 g/mol. The van der Waals surface area contributed by atoms with Crippen LogP contribution in [-0.4, -0.2) is 25.7 Å². The van der Waals surface area contributed by atoms with Crippen molar-refractivity contribution in [2.45, 2.75) is 13.0 Å². The summed E-state index contributed by atoms with van der Waals surface area (Å²) in [4.78, 5) is 13.8. The third-order valence-corrected chi connectivity index (χ3v) is 4.50. The zero-order valence-corrected chi connectivity index (χ0v) is 14.1. The Morgan fingerprint density at radius 2 is 1.85 bits per heavy atom. The van der Waals surface area contributed by atoms with Crippen LogP contribution in [0.3, 0.4) is 0 Å². The van der Waals surface area contributed by atoms with Gasteiger partial charge < -0.3 is 15.5 Å². The summed E-state index contributed by atoms with van der Waals surface area (Å²) >= 11 is 0. The molecule has 0 saturated carbocycles. The maximum Gasteiger partial charge on any atom is 0.315 e. The lowest BCUT2D eigenvalue weighted by atomic mass is 10.1. The van der Waals surface area contributed by atoms with Crippen LogP contribution in [0.25, 0.3) is 0 Å². The van der Waals surface area contributed by atoms with Crippen LogP contribution >= 0.6 is 0 Å². The summed E-state index contributed by atoms with van der Waals surface area (Å²) in [6, 6.07) is 9.77. The quantitative estimate of drug-likeness (QED) is 0.855. The van der Waals surface area contributed by atoms with E-state index in [-0.39, 0.29) is 24.3 Å². The Morgan fingerprint density at radius 3 is 2.62 bits per heavy atom. The number of halogens is 3. The van der Waals surface area contributed by atoms with Gasteiger partial charge in [0.1, 0.15) is 5.82 Å². The first-order valence-electron chi connectivity index (χ1n) is 8.48. The van der Waals surface area contributed by atoms with Gasteiger partial charge in [0, 0.05) is 43.5 Å². The molecule has 1 aliphatic heterocycles. The highest BCUT2D eigenvalue weighted by Crippen LogP contribution is 2.24. The Hall–Kier alpha value is -2.70. The van der Waals surface area contributed by atoms with E-state index in [4.69, 9.17) is 0 Å². The van der Waals surface area contributed by atoms with Crippen molar-refractivity contribution in [3.63, 3.8) is 0 Å². The summed E-state index contributed by atoms with van der Waals surface area (Å²) < 4.78 is 39.9. The van der Waals surface area contributed by atoms with E-state index >= 15 is 0 Å². The van der Waals surface area contributed by atoms with Gasteiger partial charge >= 0.3 is 6.03 Å². The monoisotopic (exact) mass is 363 g/mol. The highest BCUT2D eigenvalue weighted by Gasteiger charge is 2.23. The Morgan fingerprint density at radius 1 is 1.04 bits per heavy atom. The number of hydrogen-bond donors (Lipinski definition) is 2. The van der Waals surface area contributed by atoms with E-state index in [0.29, 0.717) is 30.9 Å². The molecule has 1 aliphatic rings. The van der Waals surface area contributed by atoms with Gasteiger partial charge in [0.05, 0.1) is 0 Å². The predicted octanol–water partition coefficient (Wildman–Crippen LogP) is 3.43. The molecule has 1 fully saturated rings. The molecular formula is C19H20F3N3O. The molecule has 1 heterocycles. The van der Waals surface area contributed by atoms with Gasteiger partial charge in [-0.25, -0.2) is 18.0 Å². The van der Waals surface area contributed by atoms with Crippen molar-refractivity contribution in [1.82, 2.24) is 10.6 Å². The first-order valence-corrected chi connectivity index (χ1v) is 8.48. The summed E-state index contributed by atoms with van der Waals surface area (Å²) in [7, 11) is 0. The van der Waals surface area contributed by atoms with Crippen LogP contribution < -0.4 is 15.5 Å². The average Bonchev–Trinajstić information content (AvgIpc) is 3.10. The molecule has 2 amide bonds. The minimum atomic E-state index is -0.864. The summed E-state index contributed by atoms with van der Waals surface area (Å²) in [5, 5.41) is 5.40. The minimum Gasteiger partial charge on any atom is -0.371 e. The van der Waals surface area contributed by atoms with Crippen molar-refractivity contribution in [2.24, 2.45) is 5.92 Å². The zero-order valence-electron chi connectivity index (χ0n) is 14.1. The van der Waals surface area contributed by atoms with Gasteiger partial charge in [0.25, 0.3) is 0 Å². The molecule has 0 bridgehead atoms. The number of anilines is 1. The normalized spacial score (nSPS) is 16.6. The van der Waals surface area contributed by atoms with E-state index in [1.165, 1.54) is 12.1 Å². The van der Waals surface area contributed by atoms with Crippen molar-refractivity contribution < 1.29 is 18.0 Å². The first-order chi connectivity index (χ1) is 12.5. The largest absolute Gasteiger partial charge is 0.371 e. The minimum absolute atomic E-state index is 0.115. The van der Waals surface area contributed by atoms with Gasteiger partial charge in [-0.3, -0.25) is 0 Å². The van der Waals surface area contributed by atoms with Crippen molar-refractivity contribution >= 4 is 11.7 Å². The Bertz CT molecular complexity index is 784. The van der Waals surface area contributed by atoms with Crippen LogP contribution in [0.2, 0.25) is 0 Å². The lowest BCUT2D eigenvalue weighted by Crippen LogP contribution is -2.38. The smallest absolute Gasteiger partial charge is 0.315 e. The van der Waals surface area contributed by atoms with Crippen LogP contribution in [-0.2, 0) is 6.54 Å². The molecule has 0 spiro atoms. The SMILES string of the molecule is O=C(NCc1ccccc1F)NCC1CCN(c2ccc(F)c(F)c2)C1. The molecule has 1 saturated heterocycles. The summed E-state index contributed by atoms with van der Waals surface area (Å²) in [5.74, 6) is -1.87. The summed E-state index contributed by atoms with van der Waals surface area (Å²) in [5.41, 5.74) is 1.06. The fourth-order valence-corrected chi connectivity index (χ4v) is 3.03. The lowest BCUT2D eigenvalue weighted by Gasteiger charge is -2.19. The van der Waals surface area contributed by atoms with Crippen molar-refractivity contribution in [2.75, 3.05) is 24.5 Å². The molecule has 3 rings (SSSR count). The highest BCUT2D eigenvalue weighted by molar-refractivity contribution is 5.73. The summed E-state index contributed by atoms with van der Waals surface area (Å²) in [6.07, 6.45) is 0.840. The number of amides is 2. The number of carbonyl (C=O) groups is 1. The lowest BCUT2D eigenvalue weighted by molar-refractivity contribution is 0.239.